The minimum absolute atomic E-state index is 0.171. The van der Waals surface area contributed by atoms with Gasteiger partial charge in [0.15, 0.2) is 5.69 Å². The molecule has 6 nitrogen and oxygen atoms in total. The van der Waals surface area contributed by atoms with Crippen LogP contribution in [0.4, 0.5) is 5.00 Å². The molecule has 1 aliphatic rings. The van der Waals surface area contributed by atoms with Gasteiger partial charge in [0, 0.05) is 16.9 Å². The Morgan fingerprint density at radius 1 is 1.50 bits per heavy atom. The lowest BCUT2D eigenvalue weighted by molar-refractivity contribution is 0.0697. The zero-order valence-corrected chi connectivity index (χ0v) is 13.1. The molecule has 1 saturated carbocycles. The van der Waals surface area contributed by atoms with Gasteiger partial charge in [0.05, 0.1) is 5.56 Å². The van der Waals surface area contributed by atoms with Crippen molar-refractivity contribution in [3.05, 3.63) is 33.5 Å². The topological polar surface area (TPSA) is 92.4 Å². The van der Waals surface area contributed by atoms with Crippen LogP contribution in [-0.2, 0) is 6.42 Å². The molecule has 0 aliphatic heterocycles. The number of carbonyl (C=O) groups is 2. The molecule has 2 aromatic heterocycles. The summed E-state index contributed by atoms with van der Waals surface area (Å²) in [5.41, 5.74) is 1.11. The molecule has 1 aliphatic carbocycles. The molecule has 2 heterocycles. The first-order valence-electron chi connectivity index (χ1n) is 7.14. The lowest BCUT2D eigenvalue weighted by atomic mass is 10.1. The van der Waals surface area contributed by atoms with E-state index in [2.05, 4.69) is 10.5 Å². The van der Waals surface area contributed by atoms with Gasteiger partial charge in [-0.25, -0.2) is 4.79 Å². The van der Waals surface area contributed by atoms with Gasteiger partial charge in [-0.15, -0.1) is 11.3 Å². The smallest absolute Gasteiger partial charge is 0.339 e. The van der Waals surface area contributed by atoms with Crippen molar-refractivity contribution in [2.45, 2.75) is 39.0 Å². The number of carboxylic acid groups (broad SMARTS) is 1. The highest BCUT2D eigenvalue weighted by atomic mass is 32.1. The number of aromatic nitrogens is 1. The third-order valence-electron chi connectivity index (χ3n) is 3.74. The van der Waals surface area contributed by atoms with Crippen LogP contribution in [0.2, 0.25) is 0 Å². The molecule has 0 saturated heterocycles. The van der Waals surface area contributed by atoms with E-state index in [0.717, 1.165) is 29.0 Å². The molecule has 0 bridgehead atoms. The molecule has 0 atom stereocenters. The standard InChI is InChI=1S/C15H16N2O4S/c1-3-9-7(2)22-14(12(9)15(19)20)16-13(18)10-6-11(21-17-10)8-4-5-8/h6,8H,3-5H2,1-2H3,(H,16,18)(H,19,20). The van der Waals surface area contributed by atoms with Gasteiger partial charge >= 0.3 is 5.97 Å². The predicted octanol–water partition coefficient (Wildman–Crippen LogP) is 3.43. The number of hydrogen-bond donors (Lipinski definition) is 2. The number of carbonyl (C=O) groups excluding carboxylic acids is 1. The normalized spacial score (nSPS) is 14.1. The molecule has 0 spiro atoms. The molecule has 0 aromatic carbocycles. The molecule has 2 aromatic rings. The fourth-order valence-electron chi connectivity index (χ4n) is 2.44. The van der Waals surface area contributed by atoms with E-state index in [-0.39, 0.29) is 11.3 Å². The molecule has 7 heteroatoms. The van der Waals surface area contributed by atoms with Crippen molar-refractivity contribution in [1.82, 2.24) is 5.16 Å². The van der Waals surface area contributed by atoms with Gasteiger partial charge in [-0.05, 0) is 31.7 Å². The fourth-order valence-corrected chi connectivity index (χ4v) is 3.57. The summed E-state index contributed by atoms with van der Waals surface area (Å²) in [6.45, 7) is 3.75. The third kappa shape index (κ3) is 2.64. The van der Waals surface area contributed by atoms with Gasteiger partial charge in [0.2, 0.25) is 0 Å². The van der Waals surface area contributed by atoms with Crippen LogP contribution in [0.1, 0.15) is 62.7 Å². The summed E-state index contributed by atoms with van der Waals surface area (Å²) in [6, 6.07) is 1.63. The van der Waals surface area contributed by atoms with Crippen LogP contribution in [0.5, 0.6) is 0 Å². The number of carboxylic acids is 1. The van der Waals surface area contributed by atoms with E-state index < -0.39 is 11.9 Å². The van der Waals surface area contributed by atoms with Crippen LogP contribution < -0.4 is 5.32 Å². The predicted molar refractivity (Wildman–Crippen MR) is 81.8 cm³/mol. The molecule has 22 heavy (non-hydrogen) atoms. The SMILES string of the molecule is CCc1c(C)sc(NC(=O)c2cc(C3CC3)on2)c1C(=O)O. The minimum Gasteiger partial charge on any atom is -0.478 e. The fraction of sp³-hybridized carbons (Fsp3) is 0.400. The van der Waals surface area contributed by atoms with E-state index >= 15 is 0 Å². The zero-order chi connectivity index (χ0) is 15.9. The summed E-state index contributed by atoms with van der Waals surface area (Å²) in [4.78, 5) is 24.6. The Hall–Kier alpha value is -2.15. The number of nitrogens with zero attached hydrogens (tertiary/aromatic N) is 1. The van der Waals surface area contributed by atoms with E-state index in [9.17, 15) is 14.7 Å². The molecular weight excluding hydrogens is 304 g/mol. The number of thiophene rings is 1. The summed E-state index contributed by atoms with van der Waals surface area (Å²) in [7, 11) is 0. The first kappa shape index (κ1) is 14.8. The van der Waals surface area contributed by atoms with Crippen molar-refractivity contribution in [1.29, 1.82) is 0 Å². The number of amides is 1. The second-order valence-electron chi connectivity index (χ2n) is 5.34. The summed E-state index contributed by atoms with van der Waals surface area (Å²) in [6.07, 6.45) is 2.72. The van der Waals surface area contributed by atoms with Crippen molar-refractivity contribution in [2.24, 2.45) is 0 Å². The van der Waals surface area contributed by atoms with Crippen molar-refractivity contribution in [3.63, 3.8) is 0 Å². The first-order chi connectivity index (χ1) is 10.5. The lowest BCUT2D eigenvalue weighted by Crippen LogP contribution is -2.14. The molecule has 0 unspecified atom stereocenters. The molecule has 2 N–H and O–H groups in total. The highest BCUT2D eigenvalue weighted by Crippen LogP contribution is 2.40. The van der Waals surface area contributed by atoms with Gasteiger partial charge in [-0.1, -0.05) is 12.1 Å². The number of aryl methyl sites for hydroxylation is 1. The maximum absolute atomic E-state index is 12.2. The number of nitrogens with one attached hydrogen (secondary N) is 1. The largest absolute Gasteiger partial charge is 0.478 e. The second kappa shape index (κ2) is 5.57. The average molecular weight is 320 g/mol. The van der Waals surface area contributed by atoms with Crippen LogP contribution in [0.3, 0.4) is 0 Å². The van der Waals surface area contributed by atoms with Crippen LogP contribution in [0.25, 0.3) is 0 Å². The Balaban J connectivity index is 1.85. The molecule has 0 radical (unpaired) electrons. The quantitative estimate of drug-likeness (QED) is 0.880. The summed E-state index contributed by atoms with van der Waals surface area (Å²) < 4.78 is 5.15. The Labute approximate surface area is 131 Å². The lowest BCUT2D eigenvalue weighted by Gasteiger charge is -2.02. The van der Waals surface area contributed by atoms with Gasteiger partial charge in [-0.2, -0.15) is 0 Å². The van der Waals surface area contributed by atoms with Crippen LogP contribution in [0, 0.1) is 6.92 Å². The van der Waals surface area contributed by atoms with Crippen molar-refractivity contribution < 1.29 is 19.2 Å². The third-order valence-corrected chi connectivity index (χ3v) is 4.81. The molecular formula is C15H16N2O4S. The van der Waals surface area contributed by atoms with E-state index in [0.29, 0.717) is 17.3 Å². The number of rotatable bonds is 5. The number of hydrogen-bond acceptors (Lipinski definition) is 5. The highest BCUT2D eigenvalue weighted by molar-refractivity contribution is 7.16. The molecule has 1 amide bonds. The maximum Gasteiger partial charge on any atom is 0.339 e. The first-order valence-corrected chi connectivity index (χ1v) is 7.96. The summed E-state index contributed by atoms with van der Waals surface area (Å²) in [5, 5.41) is 16.2. The van der Waals surface area contributed by atoms with Gasteiger partial charge < -0.3 is 14.9 Å². The van der Waals surface area contributed by atoms with E-state index in [1.807, 2.05) is 13.8 Å². The molecule has 3 rings (SSSR count). The monoisotopic (exact) mass is 320 g/mol. The summed E-state index contributed by atoms with van der Waals surface area (Å²) in [5.74, 6) is -0.378. The Morgan fingerprint density at radius 3 is 2.82 bits per heavy atom. The van der Waals surface area contributed by atoms with Crippen LogP contribution in [0.15, 0.2) is 10.6 Å². The summed E-state index contributed by atoms with van der Waals surface area (Å²) >= 11 is 1.27. The van der Waals surface area contributed by atoms with Crippen molar-refractivity contribution in [3.8, 4) is 0 Å². The van der Waals surface area contributed by atoms with Gasteiger partial charge in [-0.3, -0.25) is 4.79 Å². The highest BCUT2D eigenvalue weighted by Gasteiger charge is 2.29. The minimum atomic E-state index is -1.03. The van der Waals surface area contributed by atoms with Gasteiger partial charge in [0.25, 0.3) is 5.91 Å². The Kier molecular flexibility index (Phi) is 3.74. The van der Waals surface area contributed by atoms with Crippen LogP contribution in [-0.4, -0.2) is 22.1 Å². The molecule has 116 valence electrons. The van der Waals surface area contributed by atoms with Crippen molar-refractivity contribution in [2.75, 3.05) is 5.32 Å². The molecule has 1 fully saturated rings. The average Bonchev–Trinajstić information content (AvgIpc) is 3.10. The zero-order valence-electron chi connectivity index (χ0n) is 12.3. The van der Waals surface area contributed by atoms with Gasteiger partial charge in [0.1, 0.15) is 10.8 Å². The second-order valence-corrected chi connectivity index (χ2v) is 6.57. The maximum atomic E-state index is 12.2. The Morgan fingerprint density at radius 2 is 2.23 bits per heavy atom. The van der Waals surface area contributed by atoms with E-state index in [1.54, 1.807) is 6.07 Å². The number of aromatic carboxylic acids is 1. The Bertz CT molecular complexity index is 743. The van der Waals surface area contributed by atoms with Crippen LogP contribution >= 0.6 is 11.3 Å². The number of anilines is 1. The van der Waals surface area contributed by atoms with E-state index in [1.165, 1.54) is 11.3 Å². The van der Waals surface area contributed by atoms with Crippen molar-refractivity contribution >= 4 is 28.2 Å². The van der Waals surface area contributed by atoms with E-state index in [4.69, 9.17) is 4.52 Å².